The van der Waals surface area contributed by atoms with Gasteiger partial charge in [-0.05, 0) is 25.7 Å². The first-order valence-electron chi connectivity index (χ1n) is 5.98. The molecular formula is C12H22O3. The van der Waals surface area contributed by atoms with Gasteiger partial charge in [0.15, 0.2) is 0 Å². The van der Waals surface area contributed by atoms with Crippen molar-refractivity contribution in [1.29, 1.82) is 0 Å². The number of hydrogen-bond acceptors (Lipinski definition) is 3. The third kappa shape index (κ3) is 4.65. The highest BCUT2D eigenvalue weighted by molar-refractivity contribution is 5.69. The number of unbranched alkanes of at least 4 members (excludes halogenated alkanes) is 1. The molecule has 15 heavy (non-hydrogen) atoms. The fourth-order valence-electron chi connectivity index (χ4n) is 2.05. The van der Waals surface area contributed by atoms with Crippen LogP contribution in [-0.4, -0.2) is 25.3 Å². The third-order valence-electron chi connectivity index (χ3n) is 2.94. The minimum Gasteiger partial charge on any atom is -0.469 e. The summed E-state index contributed by atoms with van der Waals surface area (Å²) in [4.78, 5) is 11.1. The van der Waals surface area contributed by atoms with Crippen LogP contribution in [0.4, 0.5) is 0 Å². The molecule has 2 atom stereocenters. The van der Waals surface area contributed by atoms with E-state index in [-0.39, 0.29) is 12.1 Å². The zero-order valence-electron chi connectivity index (χ0n) is 9.83. The van der Waals surface area contributed by atoms with Crippen LogP contribution >= 0.6 is 0 Å². The first-order valence-corrected chi connectivity index (χ1v) is 5.98. The average Bonchev–Trinajstić information content (AvgIpc) is 2.26. The summed E-state index contributed by atoms with van der Waals surface area (Å²) in [6.45, 7) is 2.19. The number of rotatable bonds is 5. The maximum absolute atomic E-state index is 11.1. The lowest BCUT2D eigenvalue weighted by Crippen LogP contribution is -2.29. The van der Waals surface area contributed by atoms with E-state index in [0.717, 1.165) is 19.3 Å². The van der Waals surface area contributed by atoms with E-state index in [1.54, 1.807) is 0 Å². The van der Waals surface area contributed by atoms with Crippen LogP contribution in [-0.2, 0) is 14.3 Å². The number of carbonyl (C=O) groups is 1. The number of ether oxygens (including phenoxy) is 2. The number of methoxy groups -OCH3 is 1. The zero-order valence-corrected chi connectivity index (χ0v) is 9.83. The summed E-state index contributed by atoms with van der Waals surface area (Å²) in [5, 5.41) is 0. The van der Waals surface area contributed by atoms with Crippen molar-refractivity contribution >= 4 is 5.97 Å². The molecule has 0 aromatic rings. The lowest BCUT2D eigenvalue weighted by Gasteiger charge is -2.29. The fraction of sp³-hybridized carbons (Fsp3) is 0.917. The topological polar surface area (TPSA) is 35.5 Å². The van der Waals surface area contributed by atoms with Crippen LogP contribution in [0.2, 0.25) is 0 Å². The normalized spacial score (nSPS) is 26.3. The molecule has 0 saturated carbocycles. The van der Waals surface area contributed by atoms with Crippen molar-refractivity contribution in [3.05, 3.63) is 0 Å². The molecule has 0 aliphatic carbocycles. The van der Waals surface area contributed by atoms with Crippen molar-refractivity contribution in [2.45, 2.75) is 64.1 Å². The van der Waals surface area contributed by atoms with Crippen molar-refractivity contribution in [3.8, 4) is 0 Å². The Labute approximate surface area is 92.1 Å². The zero-order chi connectivity index (χ0) is 11.1. The molecule has 0 aromatic carbocycles. The lowest BCUT2D eigenvalue weighted by atomic mass is 9.99. The summed E-state index contributed by atoms with van der Waals surface area (Å²) in [5.74, 6) is -0.156. The van der Waals surface area contributed by atoms with Gasteiger partial charge in [-0.3, -0.25) is 4.79 Å². The van der Waals surface area contributed by atoms with Crippen LogP contribution in [0, 0.1) is 0 Å². The van der Waals surface area contributed by atoms with Crippen LogP contribution < -0.4 is 0 Å². The summed E-state index contributed by atoms with van der Waals surface area (Å²) < 4.78 is 10.5. The van der Waals surface area contributed by atoms with Crippen LogP contribution in [0.1, 0.15) is 51.9 Å². The molecule has 0 aromatic heterocycles. The van der Waals surface area contributed by atoms with Gasteiger partial charge in [0, 0.05) is 0 Å². The van der Waals surface area contributed by atoms with Crippen molar-refractivity contribution in [2.75, 3.05) is 7.11 Å². The van der Waals surface area contributed by atoms with E-state index in [1.807, 2.05) is 0 Å². The Morgan fingerprint density at radius 2 is 2.13 bits per heavy atom. The third-order valence-corrected chi connectivity index (χ3v) is 2.94. The lowest BCUT2D eigenvalue weighted by molar-refractivity contribution is -0.147. The van der Waals surface area contributed by atoms with Gasteiger partial charge in [-0.2, -0.15) is 0 Å². The summed E-state index contributed by atoms with van der Waals surface area (Å²) in [6, 6.07) is 0. The minimum absolute atomic E-state index is 0.0908. The molecule has 3 heteroatoms. The van der Waals surface area contributed by atoms with Gasteiger partial charge in [-0.1, -0.05) is 19.8 Å². The van der Waals surface area contributed by atoms with E-state index in [1.165, 1.54) is 26.4 Å². The maximum atomic E-state index is 11.1. The van der Waals surface area contributed by atoms with Gasteiger partial charge in [0.25, 0.3) is 0 Å². The Balaban J connectivity index is 2.25. The fourth-order valence-corrected chi connectivity index (χ4v) is 2.05. The molecule has 1 heterocycles. The largest absolute Gasteiger partial charge is 0.469 e. The van der Waals surface area contributed by atoms with E-state index >= 15 is 0 Å². The Morgan fingerprint density at radius 3 is 2.80 bits per heavy atom. The summed E-state index contributed by atoms with van der Waals surface area (Å²) >= 11 is 0. The van der Waals surface area contributed by atoms with Crippen molar-refractivity contribution in [3.63, 3.8) is 0 Å². The first-order chi connectivity index (χ1) is 7.26. The van der Waals surface area contributed by atoms with Gasteiger partial charge < -0.3 is 9.47 Å². The molecule has 1 fully saturated rings. The second-order valence-electron chi connectivity index (χ2n) is 4.23. The molecule has 0 unspecified atom stereocenters. The number of hydrogen-bond donors (Lipinski definition) is 0. The molecule has 88 valence electrons. The predicted molar refractivity (Wildman–Crippen MR) is 58.7 cm³/mol. The van der Waals surface area contributed by atoms with Gasteiger partial charge in [0.05, 0.1) is 25.7 Å². The molecule has 1 rings (SSSR count). The molecule has 0 bridgehead atoms. The highest BCUT2D eigenvalue weighted by Gasteiger charge is 2.24. The van der Waals surface area contributed by atoms with Gasteiger partial charge in [0.1, 0.15) is 0 Å². The predicted octanol–water partition coefficient (Wildman–Crippen LogP) is 2.68. The van der Waals surface area contributed by atoms with Gasteiger partial charge >= 0.3 is 5.97 Å². The van der Waals surface area contributed by atoms with E-state index in [2.05, 4.69) is 11.7 Å². The summed E-state index contributed by atoms with van der Waals surface area (Å²) in [7, 11) is 1.43. The molecule has 0 amide bonds. The smallest absolute Gasteiger partial charge is 0.308 e. The molecule has 1 aliphatic rings. The maximum Gasteiger partial charge on any atom is 0.308 e. The first kappa shape index (κ1) is 12.5. The molecule has 0 radical (unpaired) electrons. The highest BCUT2D eigenvalue weighted by atomic mass is 16.5. The van der Waals surface area contributed by atoms with Crippen molar-refractivity contribution in [1.82, 2.24) is 0 Å². The summed E-state index contributed by atoms with van der Waals surface area (Å²) in [5.41, 5.74) is 0. The Kier molecular flexibility index (Phi) is 5.69. The van der Waals surface area contributed by atoms with Gasteiger partial charge in [-0.15, -0.1) is 0 Å². The Morgan fingerprint density at radius 1 is 1.40 bits per heavy atom. The Bertz CT molecular complexity index is 191. The van der Waals surface area contributed by atoms with E-state index in [9.17, 15) is 4.79 Å². The van der Waals surface area contributed by atoms with Crippen LogP contribution in [0.25, 0.3) is 0 Å². The minimum atomic E-state index is -0.156. The number of esters is 1. The quantitative estimate of drug-likeness (QED) is 0.660. The van der Waals surface area contributed by atoms with E-state index < -0.39 is 0 Å². The SMILES string of the molecule is CCCC[C@@H]1CCC[C@H](CC(=O)OC)O1. The molecule has 3 nitrogen and oxygen atoms in total. The van der Waals surface area contributed by atoms with Crippen molar-refractivity contribution in [2.24, 2.45) is 0 Å². The molecule has 0 spiro atoms. The molecule has 0 N–H and O–H groups in total. The second-order valence-corrected chi connectivity index (χ2v) is 4.23. The Hall–Kier alpha value is -0.570. The standard InChI is InChI=1S/C12H22O3/c1-3-4-6-10-7-5-8-11(15-10)9-12(13)14-2/h10-11H,3-9H2,1-2H3/t10-,11-/m1/s1. The molecule has 1 saturated heterocycles. The van der Waals surface area contributed by atoms with E-state index in [0.29, 0.717) is 12.5 Å². The van der Waals surface area contributed by atoms with Gasteiger partial charge in [0.2, 0.25) is 0 Å². The number of carbonyl (C=O) groups excluding carboxylic acids is 1. The monoisotopic (exact) mass is 214 g/mol. The van der Waals surface area contributed by atoms with E-state index in [4.69, 9.17) is 4.74 Å². The highest BCUT2D eigenvalue weighted by Crippen LogP contribution is 2.24. The van der Waals surface area contributed by atoms with Crippen LogP contribution in [0.15, 0.2) is 0 Å². The van der Waals surface area contributed by atoms with Crippen molar-refractivity contribution < 1.29 is 14.3 Å². The van der Waals surface area contributed by atoms with Gasteiger partial charge in [-0.25, -0.2) is 0 Å². The summed E-state index contributed by atoms with van der Waals surface area (Å²) in [6.07, 6.45) is 7.76. The average molecular weight is 214 g/mol. The molecule has 1 aliphatic heterocycles. The second kappa shape index (κ2) is 6.83. The van der Waals surface area contributed by atoms with Crippen LogP contribution in [0.3, 0.4) is 0 Å². The molecular weight excluding hydrogens is 192 g/mol. The van der Waals surface area contributed by atoms with Crippen LogP contribution in [0.5, 0.6) is 0 Å².